The number of aromatic nitrogens is 2. The van der Waals surface area contributed by atoms with E-state index in [0.717, 1.165) is 16.8 Å². The highest BCUT2D eigenvalue weighted by Crippen LogP contribution is 2.30. The Morgan fingerprint density at radius 1 is 1.31 bits per heavy atom. The molecule has 0 aliphatic carbocycles. The van der Waals surface area contributed by atoms with E-state index in [0.29, 0.717) is 24.6 Å². The molecule has 7 heteroatoms. The Kier molecular flexibility index (Phi) is 5.18. The van der Waals surface area contributed by atoms with Crippen LogP contribution in [0.3, 0.4) is 0 Å². The molecule has 0 spiro atoms. The monoisotopic (exact) mass is 375 g/mol. The van der Waals surface area contributed by atoms with Gasteiger partial charge in [-0.3, -0.25) is 9.48 Å². The lowest BCUT2D eigenvalue weighted by atomic mass is 10.1. The molecule has 6 nitrogen and oxygen atoms in total. The molecule has 0 saturated carbocycles. The van der Waals surface area contributed by atoms with Crippen molar-refractivity contribution in [3.8, 4) is 11.3 Å². The first kappa shape index (κ1) is 18.6. The Morgan fingerprint density at radius 2 is 2.00 bits per heavy atom. The van der Waals surface area contributed by atoms with Gasteiger partial charge in [0, 0.05) is 6.54 Å². The molecule has 1 fully saturated rings. The lowest BCUT2D eigenvalue weighted by molar-refractivity contribution is 0.0943. The van der Waals surface area contributed by atoms with Crippen molar-refractivity contribution < 1.29 is 13.2 Å². The van der Waals surface area contributed by atoms with Gasteiger partial charge in [0.25, 0.3) is 5.91 Å². The lowest BCUT2D eigenvalue weighted by Gasteiger charge is -2.13. The molecule has 1 aromatic carbocycles. The Labute approximate surface area is 154 Å². The van der Waals surface area contributed by atoms with E-state index in [4.69, 9.17) is 0 Å². The van der Waals surface area contributed by atoms with Gasteiger partial charge in [-0.2, -0.15) is 5.10 Å². The summed E-state index contributed by atoms with van der Waals surface area (Å²) in [5, 5.41) is 7.35. The van der Waals surface area contributed by atoms with Gasteiger partial charge in [-0.15, -0.1) is 0 Å². The average molecular weight is 375 g/mol. The van der Waals surface area contributed by atoms with Crippen LogP contribution in [0.15, 0.2) is 30.3 Å². The highest BCUT2D eigenvalue weighted by atomic mass is 32.2. The first-order valence-electron chi connectivity index (χ1n) is 8.90. The summed E-state index contributed by atoms with van der Waals surface area (Å²) in [5.41, 5.74) is 3.17. The van der Waals surface area contributed by atoms with Crippen LogP contribution in [0, 0.1) is 12.8 Å². The van der Waals surface area contributed by atoms with E-state index in [-0.39, 0.29) is 23.5 Å². The molecule has 1 atom stereocenters. The summed E-state index contributed by atoms with van der Waals surface area (Å²) in [7, 11) is -3.04. The van der Waals surface area contributed by atoms with Crippen LogP contribution in [0.5, 0.6) is 0 Å². The summed E-state index contributed by atoms with van der Waals surface area (Å²) < 4.78 is 25.5. The maximum atomic E-state index is 12.4. The molecule has 3 rings (SSSR count). The third-order valence-corrected chi connectivity index (χ3v) is 6.29. The van der Waals surface area contributed by atoms with Crippen molar-refractivity contribution in [1.82, 2.24) is 15.1 Å². The Balaban J connectivity index is 1.97. The molecule has 1 aliphatic heterocycles. The standard InChI is InChI=1S/C19H25N3O3S/c1-13(2)11-20-19(23)17-10-18(15-6-4-14(3)5-7-15)22(21-17)16-8-9-26(24,25)12-16/h4-7,10,13,16H,8-9,11-12H2,1-3H3,(H,20,23)/t16-/m1/s1. The minimum atomic E-state index is -3.04. The number of hydrogen-bond acceptors (Lipinski definition) is 4. The average Bonchev–Trinajstić information content (AvgIpc) is 3.16. The molecule has 2 heterocycles. The number of carbonyl (C=O) groups is 1. The maximum Gasteiger partial charge on any atom is 0.271 e. The molecule has 1 N–H and O–H groups in total. The molecule has 2 aromatic rings. The summed E-state index contributed by atoms with van der Waals surface area (Å²) in [6.07, 6.45) is 0.524. The lowest BCUT2D eigenvalue weighted by Crippen LogP contribution is -2.28. The highest BCUT2D eigenvalue weighted by molar-refractivity contribution is 7.91. The van der Waals surface area contributed by atoms with Crippen LogP contribution in [0.4, 0.5) is 0 Å². The topological polar surface area (TPSA) is 81.1 Å². The predicted molar refractivity (Wildman–Crippen MR) is 102 cm³/mol. The number of sulfone groups is 1. The predicted octanol–water partition coefficient (Wildman–Crippen LogP) is 2.60. The molecule has 140 valence electrons. The summed E-state index contributed by atoms with van der Waals surface area (Å²) in [5.74, 6) is 0.351. The minimum absolute atomic E-state index is 0.0700. The fourth-order valence-electron chi connectivity index (χ4n) is 3.08. The van der Waals surface area contributed by atoms with Crippen LogP contribution < -0.4 is 5.32 Å². The number of hydrogen-bond donors (Lipinski definition) is 1. The van der Waals surface area contributed by atoms with Crippen LogP contribution >= 0.6 is 0 Å². The number of nitrogens with one attached hydrogen (secondary N) is 1. The minimum Gasteiger partial charge on any atom is -0.350 e. The van der Waals surface area contributed by atoms with Gasteiger partial charge in [-0.25, -0.2) is 8.42 Å². The molecule has 0 radical (unpaired) electrons. The quantitative estimate of drug-likeness (QED) is 0.871. The van der Waals surface area contributed by atoms with E-state index >= 15 is 0 Å². The fourth-order valence-corrected chi connectivity index (χ4v) is 4.77. The zero-order chi connectivity index (χ0) is 18.9. The van der Waals surface area contributed by atoms with Crippen molar-refractivity contribution in [3.05, 3.63) is 41.6 Å². The van der Waals surface area contributed by atoms with Crippen LogP contribution in [-0.2, 0) is 9.84 Å². The maximum absolute atomic E-state index is 12.4. The molecular formula is C19H25N3O3S. The second-order valence-corrected chi connectivity index (χ2v) is 9.61. The van der Waals surface area contributed by atoms with E-state index in [9.17, 15) is 13.2 Å². The number of rotatable bonds is 5. The second-order valence-electron chi connectivity index (χ2n) is 7.39. The molecule has 1 saturated heterocycles. The van der Waals surface area contributed by atoms with Crippen molar-refractivity contribution in [3.63, 3.8) is 0 Å². The van der Waals surface area contributed by atoms with Gasteiger partial charge in [0.15, 0.2) is 15.5 Å². The highest BCUT2D eigenvalue weighted by Gasteiger charge is 2.32. The molecule has 0 unspecified atom stereocenters. The van der Waals surface area contributed by atoms with Crippen molar-refractivity contribution in [1.29, 1.82) is 0 Å². The summed E-state index contributed by atoms with van der Waals surface area (Å²) in [4.78, 5) is 12.4. The van der Waals surface area contributed by atoms with Crippen molar-refractivity contribution >= 4 is 15.7 Å². The Hall–Kier alpha value is -2.15. The van der Waals surface area contributed by atoms with Gasteiger partial charge in [0.05, 0.1) is 23.2 Å². The molecule has 26 heavy (non-hydrogen) atoms. The van der Waals surface area contributed by atoms with Crippen LogP contribution in [0.2, 0.25) is 0 Å². The molecule has 1 aromatic heterocycles. The van der Waals surface area contributed by atoms with Gasteiger partial charge in [-0.1, -0.05) is 43.7 Å². The van der Waals surface area contributed by atoms with E-state index in [1.54, 1.807) is 10.7 Å². The van der Waals surface area contributed by atoms with Gasteiger partial charge in [0.2, 0.25) is 0 Å². The fraction of sp³-hybridized carbons (Fsp3) is 0.474. The molecular weight excluding hydrogens is 350 g/mol. The normalized spacial score (nSPS) is 19.0. The number of amides is 1. The van der Waals surface area contributed by atoms with Crippen molar-refractivity contribution in [2.24, 2.45) is 5.92 Å². The van der Waals surface area contributed by atoms with E-state index in [1.807, 2.05) is 45.0 Å². The zero-order valence-electron chi connectivity index (χ0n) is 15.4. The molecule has 1 aliphatic rings. The number of benzene rings is 1. The summed E-state index contributed by atoms with van der Waals surface area (Å²) >= 11 is 0. The van der Waals surface area contributed by atoms with Gasteiger partial charge >= 0.3 is 0 Å². The number of aryl methyl sites for hydroxylation is 1. The zero-order valence-corrected chi connectivity index (χ0v) is 16.2. The van der Waals surface area contributed by atoms with E-state index in [2.05, 4.69) is 10.4 Å². The van der Waals surface area contributed by atoms with Crippen molar-refractivity contribution in [2.45, 2.75) is 33.2 Å². The Morgan fingerprint density at radius 3 is 2.58 bits per heavy atom. The second kappa shape index (κ2) is 7.23. The largest absolute Gasteiger partial charge is 0.350 e. The first-order chi connectivity index (χ1) is 12.2. The van der Waals surface area contributed by atoms with Crippen LogP contribution in [0.25, 0.3) is 11.3 Å². The third kappa shape index (κ3) is 4.15. The summed E-state index contributed by atoms with van der Waals surface area (Å²) in [6, 6.07) is 9.46. The first-order valence-corrected chi connectivity index (χ1v) is 10.7. The summed E-state index contributed by atoms with van der Waals surface area (Å²) in [6.45, 7) is 6.64. The smallest absolute Gasteiger partial charge is 0.271 e. The van der Waals surface area contributed by atoms with E-state index < -0.39 is 9.84 Å². The Bertz CT molecular complexity index is 899. The number of carbonyl (C=O) groups excluding carboxylic acids is 1. The van der Waals surface area contributed by atoms with Crippen LogP contribution in [0.1, 0.15) is 42.4 Å². The molecule has 0 bridgehead atoms. The van der Waals surface area contributed by atoms with Crippen molar-refractivity contribution in [2.75, 3.05) is 18.1 Å². The van der Waals surface area contributed by atoms with E-state index in [1.165, 1.54) is 0 Å². The van der Waals surface area contributed by atoms with Gasteiger partial charge in [0.1, 0.15) is 0 Å². The SMILES string of the molecule is Cc1ccc(-c2cc(C(=O)NCC(C)C)nn2[C@@H]2CCS(=O)(=O)C2)cc1. The van der Waals surface area contributed by atoms with Gasteiger partial charge < -0.3 is 5.32 Å². The third-order valence-electron chi connectivity index (χ3n) is 4.54. The number of nitrogens with zero attached hydrogens (tertiary/aromatic N) is 2. The molecule has 1 amide bonds. The van der Waals surface area contributed by atoms with Gasteiger partial charge in [-0.05, 0) is 30.9 Å². The van der Waals surface area contributed by atoms with Crippen LogP contribution in [-0.4, -0.2) is 42.2 Å².